The summed E-state index contributed by atoms with van der Waals surface area (Å²) in [6.07, 6.45) is 0. The highest BCUT2D eigenvalue weighted by Gasteiger charge is 2.42. The Labute approximate surface area is 182 Å². The van der Waals surface area contributed by atoms with Gasteiger partial charge in [0.15, 0.2) is 0 Å². The number of imide groups is 1. The molecule has 0 bridgehead atoms. The Morgan fingerprint density at radius 3 is 2.13 bits per heavy atom. The summed E-state index contributed by atoms with van der Waals surface area (Å²) in [5.41, 5.74) is 3.69. The Kier molecular flexibility index (Phi) is 5.58. The minimum atomic E-state index is -0.338. The van der Waals surface area contributed by atoms with Gasteiger partial charge in [0.1, 0.15) is 11.4 Å². The molecular weight excluding hydrogens is 388 g/mol. The van der Waals surface area contributed by atoms with Gasteiger partial charge in [-0.2, -0.15) is 0 Å². The normalized spacial score (nSPS) is 13.7. The number of ether oxygens (including phenoxy) is 1. The molecule has 0 spiro atoms. The number of carbonyl (C=O) groups excluding carboxylic acids is 2. The molecule has 3 aromatic carbocycles. The molecule has 3 aromatic rings. The van der Waals surface area contributed by atoms with Crippen LogP contribution < -0.4 is 14.5 Å². The van der Waals surface area contributed by atoms with Crippen LogP contribution in [0.1, 0.15) is 18.1 Å². The highest BCUT2D eigenvalue weighted by molar-refractivity contribution is 6.46. The van der Waals surface area contributed by atoms with Gasteiger partial charge < -0.3 is 9.64 Å². The second kappa shape index (κ2) is 8.48. The molecule has 5 heteroatoms. The first-order valence-electron chi connectivity index (χ1n) is 10.2. The summed E-state index contributed by atoms with van der Waals surface area (Å²) in [4.78, 5) is 30.3. The first kappa shape index (κ1) is 20.4. The van der Waals surface area contributed by atoms with Crippen molar-refractivity contribution in [1.29, 1.82) is 0 Å². The predicted octanol–water partition coefficient (Wildman–Crippen LogP) is 4.81. The smallest absolute Gasteiger partial charge is 0.282 e. The van der Waals surface area contributed by atoms with E-state index in [1.807, 2.05) is 93.7 Å². The summed E-state index contributed by atoms with van der Waals surface area (Å²) in [6, 6.07) is 24.3. The zero-order valence-electron chi connectivity index (χ0n) is 17.8. The lowest BCUT2D eigenvalue weighted by atomic mass is 10.0. The maximum Gasteiger partial charge on any atom is 0.282 e. The van der Waals surface area contributed by atoms with Crippen LogP contribution in [0.4, 0.5) is 11.4 Å². The fraction of sp³-hybridized carbons (Fsp3) is 0.154. The Morgan fingerprint density at radius 1 is 0.839 bits per heavy atom. The third-order valence-corrected chi connectivity index (χ3v) is 5.35. The van der Waals surface area contributed by atoms with Gasteiger partial charge in [-0.15, -0.1) is 0 Å². The van der Waals surface area contributed by atoms with Crippen molar-refractivity contribution >= 4 is 28.8 Å². The van der Waals surface area contributed by atoms with E-state index < -0.39 is 0 Å². The van der Waals surface area contributed by atoms with Gasteiger partial charge in [0.25, 0.3) is 11.8 Å². The van der Waals surface area contributed by atoms with Crippen molar-refractivity contribution in [1.82, 2.24) is 0 Å². The number of hydrogen-bond donors (Lipinski definition) is 0. The topological polar surface area (TPSA) is 49.9 Å². The molecule has 5 nitrogen and oxygen atoms in total. The molecule has 2 amide bonds. The average molecular weight is 412 g/mol. The van der Waals surface area contributed by atoms with E-state index in [4.69, 9.17) is 4.74 Å². The van der Waals surface area contributed by atoms with Gasteiger partial charge in [-0.25, -0.2) is 4.90 Å². The van der Waals surface area contributed by atoms with Crippen molar-refractivity contribution in [3.8, 4) is 5.75 Å². The zero-order valence-corrected chi connectivity index (χ0v) is 17.8. The maximum absolute atomic E-state index is 13.6. The number of rotatable bonds is 6. The van der Waals surface area contributed by atoms with E-state index in [2.05, 4.69) is 0 Å². The predicted molar refractivity (Wildman–Crippen MR) is 123 cm³/mol. The molecule has 1 aliphatic rings. The van der Waals surface area contributed by atoms with Crippen LogP contribution in [0, 0.1) is 6.92 Å². The molecule has 0 radical (unpaired) electrons. The van der Waals surface area contributed by atoms with Crippen LogP contribution >= 0.6 is 0 Å². The highest BCUT2D eigenvalue weighted by Crippen LogP contribution is 2.37. The Morgan fingerprint density at radius 2 is 1.48 bits per heavy atom. The van der Waals surface area contributed by atoms with Crippen LogP contribution in [0.2, 0.25) is 0 Å². The van der Waals surface area contributed by atoms with Gasteiger partial charge in [-0.05, 0) is 55.3 Å². The van der Waals surface area contributed by atoms with Gasteiger partial charge in [0.05, 0.1) is 17.9 Å². The molecule has 31 heavy (non-hydrogen) atoms. The summed E-state index contributed by atoms with van der Waals surface area (Å²) < 4.78 is 5.53. The largest absolute Gasteiger partial charge is 0.494 e. The number of amides is 2. The van der Waals surface area contributed by atoms with Crippen LogP contribution in [0.25, 0.3) is 5.57 Å². The van der Waals surface area contributed by atoms with E-state index in [0.29, 0.717) is 29.1 Å². The maximum atomic E-state index is 13.6. The van der Waals surface area contributed by atoms with Crippen LogP contribution in [0.3, 0.4) is 0 Å². The second-order valence-corrected chi connectivity index (χ2v) is 7.31. The lowest BCUT2D eigenvalue weighted by Crippen LogP contribution is -2.34. The van der Waals surface area contributed by atoms with E-state index >= 15 is 0 Å². The van der Waals surface area contributed by atoms with Crippen molar-refractivity contribution < 1.29 is 14.3 Å². The number of nitrogens with zero attached hydrogens (tertiary/aromatic N) is 2. The van der Waals surface area contributed by atoms with Crippen molar-refractivity contribution in [2.45, 2.75) is 13.8 Å². The van der Waals surface area contributed by atoms with E-state index in [0.717, 1.165) is 17.0 Å². The molecule has 156 valence electrons. The molecule has 0 aliphatic carbocycles. The standard InChI is InChI=1S/C26H24N2O3/c1-4-31-21-16-14-19(15-17-21)23-24(27(3)20-11-6-5-7-12-20)26(30)28(25(23)29)22-13-9-8-10-18(22)2/h5-17H,4H2,1-3H3. The van der Waals surface area contributed by atoms with Gasteiger partial charge >= 0.3 is 0 Å². The number of anilines is 2. The number of likely N-dealkylation sites (N-methyl/N-ethyl adjacent to an activating group) is 1. The third-order valence-electron chi connectivity index (χ3n) is 5.35. The van der Waals surface area contributed by atoms with Crippen LogP contribution in [0.15, 0.2) is 84.6 Å². The summed E-state index contributed by atoms with van der Waals surface area (Å²) in [5.74, 6) is 0.0492. The monoisotopic (exact) mass is 412 g/mol. The summed E-state index contributed by atoms with van der Waals surface area (Å²) in [5, 5.41) is 0. The van der Waals surface area contributed by atoms with E-state index in [9.17, 15) is 9.59 Å². The molecule has 0 unspecified atom stereocenters. The van der Waals surface area contributed by atoms with E-state index in [1.165, 1.54) is 4.90 Å². The lowest BCUT2D eigenvalue weighted by Gasteiger charge is -2.22. The van der Waals surface area contributed by atoms with Crippen molar-refractivity contribution in [3.05, 3.63) is 95.7 Å². The highest BCUT2D eigenvalue weighted by atomic mass is 16.5. The molecule has 0 saturated heterocycles. The Balaban J connectivity index is 1.86. The fourth-order valence-electron chi connectivity index (χ4n) is 3.79. The number of aryl methyl sites for hydroxylation is 1. The summed E-state index contributed by atoms with van der Waals surface area (Å²) in [7, 11) is 1.81. The molecule has 1 aliphatic heterocycles. The molecular formula is C26H24N2O3. The number of hydrogen-bond acceptors (Lipinski definition) is 4. The second-order valence-electron chi connectivity index (χ2n) is 7.31. The summed E-state index contributed by atoms with van der Waals surface area (Å²) >= 11 is 0. The minimum Gasteiger partial charge on any atom is -0.494 e. The number of benzene rings is 3. The first-order chi connectivity index (χ1) is 15.0. The quantitative estimate of drug-likeness (QED) is 0.545. The molecule has 0 fully saturated rings. The molecule has 1 heterocycles. The molecule has 0 saturated carbocycles. The van der Waals surface area contributed by atoms with Crippen molar-refractivity contribution in [2.75, 3.05) is 23.5 Å². The third kappa shape index (κ3) is 3.70. The van der Waals surface area contributed by atoms with E-state index in [-0.39, 0.29) is 11.8 Å². The minimum absolute atomic E-state index is 0.332. The molecule has 0 atom stereocenters. The Hall–Kier alpha value is -3.86. The Bertz CT molecular complexity index is 1150. The van der Waals surface area contributed by atoms with Gasteiger partial charge in [-0.3, -0.25) is 9.59 Å². The van der Waals surface area contributed by atoms with Gasteiger partial charge in [-0.1, -0.05) is 48.5 Å². The van der Waals surface area contributed by atoms with Gasteiger partial charge in [0, 0.05) is 12.7 Å². The molecule has 4 rings (SSSR count). The fourth-order valence-corrected chi connectivity index (χ4v) is 3.79. The van der Waals surface area contributed by atoms with Crippen LogP contribution in [-0.4, -0.2) is 25.5 Å². The number of carbonyl (C=O) groups is 2. The number of para-hydroxylation sites is 2. The van der Waals surface area contributed by atoms with Crippen LogP contribution in [-0.2, 0) is 9.59 Å². The van der Waals surface area contributed by atoms with Crippen molar-refractivity contribution in [2.24, 2.45) is 0 Å². The lowest BCUT2D eigenvalue weighted by molar-refractivity contribution is -0.120. The van der Waals surface area contributed by atoms with Crippen molar-refractivity contribution in [3.63, 3.8) is 0 Å². The van der Waals surface area contributed by atoms with Gasteiger partial charge in [0.2, 0.25) is 0 Å². The SMILES string of the molecule is CCOc1ccc(C2=C(N(C)c3ccccc3)C(=O)N(c3ccccc3C)C2=O)cc1. The first-order valence-corrected chi connectivity index (χ1v) is 10.2. The summed E-state index contributed by atoms with van der Waals surface area (Å²) in [6.45, 7) is 4.37. The van der Waals surface area contributed by atoms with Crippen LogP contribution in [0.5, 0.6) is 5.75 Å². The average Bonchev–Trinajstić information content (AvgIpc) is 3.05. The molecule has 0 N–H and O–H groups in total. The molecule has 0 aromatic heterocycles. The zero-order chi connectivity index (χ0) is 22.0. The van der Waals surface area contributed by atoms with E-state index in [1.54, 1.807) is 11.0 Å².